The molecule has 4 nitrogen and oxygen atoms in total. The number of carbonyl (C=O) groups excluding carboxylic acids is 1. The van der Waals surface area contributed by atoms with E-state index < -0.39 is 0 Å². The van der Waals surface area contributed by atoms with Crippen molar-refractivity contribution in [3.8, 4) is 5.75 Å². The van der Waals surface area contributed by atoms with E-state index in [2.05, 4.69) is 10.3 Å². The van der Waals surface area contributed by atoms with E-state index in [1.807, 2.05) is 23.6 Å². The first-order valence-corrected chi connectivity index (χ1v) is 10.1. The Morgan fingerprint density at radius 3 is 2.81 bits per heavy atom. The van der Waals surface area contributed by atoms with Crippen LogP contribution in [0.15, 0.2) is 53.4 Å². The zero-order valence-electron chi connectivity index (χ0n) is 14.5. The summed E-state index contributed by atoms with van der Waals surface area (Å²) in [5.41, 5.74) is 4.30. The zero-order valence-corrected chi connectivity index (χ0v) is 16.8. The van der Waals surface area contributed by atoms with Crippen LogP contribution in [0, 0.1) is 0 Å². The second kappa shape index (κ2) is 9.74. The Bertz CT molecular complexity index is 901. The second-order valence-corrected chi connectivity index (χ2v) is 7.44. The van der Waals surface area contributed by atoms with E-state index in [1.165, 1.54) is 11.3 Å². The molecular weight excluding hydrogens is 403 g/mol. The third-order valence-corrected chi connectivity index (χ3v) is 5.25. The van der Waals surface area contributed by atoms with Gasteiger partial charge in [-0.2, -0.15) is 0 Å². The average molecular weight is 421 g/mol. The average Bonchev–Trinajstić information content (AvgIpc) is 3.20. The first-order valence-electron chi connectivity index (χ1n) is 8.44. The predicted molar refractivity (Wildman–Crippen MR) is 110 cm³/mol. The third-order valence-electron chi connectivity index (χ3n) is 3.88. The van der Waals surface area contributed by atoms with Crippen molar-refractivity contribution in [3.05, 3.63) is 80.2 Å². The largest absolute Gasteiger partial charge is 0.487 e. The highest BCUT2D eigenvalue weighted by atomic mass is 35.5. The fourth-order valence-corrected chi connectivity index (χ4v) is 3.35. The molecule has 0 radical (unpaired) electrons. The van der Waals surface area contributed by atoms with Crippen LogP contribution in [-0.2, 0) is 13.0 Å². The van der Waals surface area contributed by atoms with E-state index in [9.17, 15) is 4.79 Å². The summed E-state index contributed by atoms with van der Waals surface area (Å²) in [6.07, 6.45) is 1.62. The molecule has 1 N–H and O–H groups in total. The van der Waals surface area contributed by atoms with Crippen LogP contribution in [0.5, 0.6) is 5.75 Å². The standard InChI is InChI=1S/C20H18Cl2N2O2S/c21-18-7-6-14(9-19(18)22)3-2-8-23-20(25)15-4-1-5-17(10-15)26-11-16-12-27-13-24-16/h1,4-7,9-10,12-13H,2-3,8,11H2,(H,23,25). The molecule has 1 heterocycles. The van der Waals surface area contributed by atoms with Gasteiger partial charge < -0.3 is 10.1 Å². The number of aryl methyl sites for hydroxylation is 1. The SMILES string of the molecule is O=C(NCCCc1ccc(Cl)c(Cl)c1)c1cccc(OCc2cscn2)c1. The summed E-state index contributed by atoms with van der Waals surface area (Å²) >= 11 is 13.5. The number of thiazole rings is 1. The highest BCUT2D eigenvalue weighted by molar-refractivity contribution is 7.07. The molecule has 0 aliphatic carbocycles. The number of ether oxygens (including phenoxy) is 1. The Hall–Kier alpha value is -2.08. The van der Waals surface area contributed by atoms with Gasteiger partial charge >= 0.3 is 0 Å². The van der Waals surface area contributed by atoms with Crippen molar-refractivity contribution < 1.29 is 9.53 Å². The molecule has 3 aromatic rings. The van der Waals surface area contributed by atoms with Gasteiger partial charge in [-0.3, -0.25) is 4.79 Å². The van der Waals surface area contributed by atoms with Crippen molar-refractivity contribution in [2.75, 3.05) is 6.54 Å². The van der Waals surface area contributed by atoms with Gasteiger partial charge in [0.1, 0.15) is 12.4 Å². The zero-order chi connectivity index (χ0) is 19.1. The van der Waals surface area contributed by atoms with Crippen LogP contribution >= 0.6 is 34.5 Å². The van der Waals surface area contributed by atoms with Crippen molar-refractivity contribution in [1.29, 1.82) is 0 Å². The minimum atomic E-state index is -0.122. The molecule has 0 unspecified atom stereocenters. The lowest BCUT2D eigenvalue weighted by atomic mass is 10.1. The lowest BCUT2D eigenvalue weighted by Crippen LogP contribution is -2.24. The maximum atomic E-state index is 12.3. The molecule has 0 spiro atoms. The Balaban J connectivity index is 1.46. The molecule has 1 aromatic heterocycles. The number of rotatable bonds is 8. The van der Waals surface area contributed by atoms with Crippen LogP contribution < -0.4 is 10.1 Å². The molecule has 2 aromatic carbocycles. The summed E-state index contributed by atoms with van der Waals surface area (Å²) in [5.74, 6) is 0.523. The molecule has 0 saturated heterocycles. The van der Waals surface area contributed by atoms with E-state index in [-0.39, 0.29) is 5.91 Å². The lowest BCUT2D eigenvalue weighted by Gasteiger charge is -2.08. The number of amides is 1. The van der Waals surface area contributed by atoms with Crippen LogP contribution in [0.25, 0.3) is 0 Å². The molecule has 0 saturated carbocycles. The number of halogens is 2. The van der Waals surface area contributed by atoms with Gasteiger partial charge in [-0.25, -0.2) is 4.98 Å². The minimum absolute atomic E-state index is 0.122. The van der Waals surface area contributed by atoms with Gasteiger partial charge in [0, 0.05) is 17.5 Å². The van der Waals surface area contributed by atoms with Gasteiger partial charge in [0.15, 0.2) is 0 Å². The van der Waals surface area contributed by atoms with Crippen molar-refractivity contribution in [2.24, 2.45) is 0 Å². The number of hydrogen-bond donors (Lipinski definition) is 1. The van der Waals surface area contributed by atoms with E-state index in [0.717, 1.165) is 24.1 Å². The Morgan fingerprint density at radius 1 is 1.15 bits per heavy atom. The van der Waals surface area contributed by atoms with Crippen LogP contribution in [0.2, 0.25) is 10.0 Å². The first kappa shape index (κ1) is 19.7. The summed E-state index contributed by atoms with van der Waals surface area (Å²) in [7, 11) is 0. The van der Waals surface area contributed by atoms with E-state index in [4.69, 9.17) is 27.9 Å². The smallest absolute Gasteiger partial charge is 0.251 e. The summed E-state index contributed by atoms with van der Waals surface area (Å²) < 4.78 is 5.69. The molecule has 7 heteroatoms. The van der Waals surface area contributed by atoms with Crippen LogP contribution in [0.3, 0.4) is 0 Å². The minimum Gasteiger partial charge on any atom is -0.487 e. The summed E-state index contributed by atoms with van der Waals surface area (Å²) in [4.78, 5) is 16.5. The fourth-order valence-electron chi connectivity index (χ4n) is 2.48. The van der Waals surface area contributed by atoms with Gasteiger partial charge in [0.25, 0.3) is 5.91 Å². The van der Waals surface area contributed by atoms with E-state index in [1.54, 1.807) is 29.8 Å². The summed E-state index contributed by atoms with van der Waals surface area (Å²) in [5, 5.41) is 5.96. The van der Waals surface area contributed by atoms with Crippen molar-refractivity contribution in [2.45, 2.75) is 19.4 Å². The molecule has 0 bridgehead atoms. The highest BCUT2D eigenvalue weighted by Gasteiger charge is 2.07. The molecule has 0 fully saturated rings. The van der Waals surface area contributed by atoms with Gasteiger partial charge in [-0.05, 0) is 48.7 Å². The number of benzene rings is 2. The van der Waals surface area contributed by atoms with Crippen molar-refractivity contribution in [3.63, 3.8) is 0 Å². The number of carbonyl (C=O) groups is 1. The third kappa shape index (κ3) is 5.96. The molecular formula is C20H18Cl2N2O2S. The first-order chi connectivity index (χ1) is 13.1. The van der Waals surface area contributed by atoms with Crippen molar-refractivity contribution in [1.82, 2.24) is 10.3 Å². The quantitative estimate of drug-likeness (QED) is 0.496. The lowest BCUT2D eigenvalue weighted by molar-refractivity contribution is 0.0952. The predicted octanol–water partition coefficient (Wildman–Crippen LogP) is 5.39. The van der Waals surface area contributed by atoms with E-state index in [0.29, 0.717) is 34.5 Å². The molecule has 3 rings (SSSR count). The second-order valence-electron chi connectivity index (χ2n) is 5.90. The molecule has 140 valence electrons. The molecule has 27 heavy (non-hydrogen) atoms. The molecule has 1 amide bonds. The van der Waals surface area contributed by atoms with Crippen molar-refractivity contribution >= 4 is 40.4 Å². The van der Waals surface area contributed by atoms with Gasteiger partial charge in [0.05, 0.1) is 21.2 Å². The fraction of sp³-hybridized carbons (Fsp3) is 0.200. The van der Waals surface area contributed by atoms with Gasteiger partial charge in [0.2, 0.25) is 0 Å². The molecule has 0 atom stereocenters. The number of hydrogen-bond acceptors (Lipinski definition) is 4. The van der Waals surface area contributed by atoms with Crippen LogP contribution in [-0.4, -0.2) is 17.4 Å². The Labute approximate surface area is 172 Å². The van der Waals surface area contributed by atoms with Crippen LogP contribution in [0.1, 0.15) is 28.0 Å². The van der Waals surface area contributed by atoms with Crippen LogP contribution in [0.4, 0.5) is 0 Å². The number of nitrogens with one attached hydrogen (secondary N) is 1. The summed E-state index contributed by atoms with van der Waals surface area (Å²) in [6.45, 7) is 0.960. The monoisotopic (exact) mass is 420 g/mol. The Morgan fingerprint density at radius 2 is 2.04 bits per heavy atom. The molecule has 0 aliphatic rings. The Kier molecular flexibility index (Phi) is 7.10. The molecule has 0 aliphatic heterocycles. The van der Waals surface area contributed by atoms with Gasteiger partial charge in [-0.15, -0.1) is 11.3 Å². The number of nitrogens with zero attached hydrogens (tertiary/aromatic N) is 1. The van der Waals surface area contributed by atoms with Gasteiger partial charge in [-0.1, -0.05) is 35.3 Å². The maximum Gasteiger partial charge on any atom is 0.251 e. The normalized spacial score (nSPS) is 10.6. The summed E-state index contributed by atoms with van der Waals surface area (Å²) in [6, 6.07) is 12.7. The highest BCUT2D eigenvalue weighted by Crippen LogP contribution is 2.23. The number of aromatic nitrogens is 1. The topological polar surface area (TPSA) is 51.2 Å². The van der Waals surface area contributed by atoms with E-state index >= 15 is 0 Å². The maximum absolute atomic E-state index is 12.3.